The molecule has 2 N–H and O–H groups in total. The fourth-order valence-electron chi connectivity index (χ4n) is 3.65. The highest BCUT2D eigenvalue weighted by molar-refractivity contribution is 7.14. The number of amides is 2. The van der Waals surface area contributed by atoms with Crippen molar-refractivity contribution in [1.29, 1.82) is 0 Å². The van der Waals surface area contributed by atoms with Gasteiger partial charge in [-0.1, -0.05) is 36.6 Å². The standard InChI is InChI=1S/C20H25N3O2S/c1-12-8-9-16(13(2)10-12)17-11-26-20(22-17)23-19(25)18(21-14(3)24)15-6-4-5-7-15/h8-11,15,18H,4-7H2,1-3H3,(H,21,24)(H,22,23,25). The Morgan fingerprint density at radius 3 is 2.62 bits per heavy atom. The number of anilines is 1. The lowest BCUT2D eigenvalue weighted by molar-refractivity contribution is -0.126. The Kier molecular flexibility index (Phi) is 5.71. The van der Waals surface area contributed by atoms with Gasteiger partial charge < -0.3 is 10.6 Å². The number of carbonyl (C=O) groups excluding carboxylic acids is 2. The average molecular weight is 372 g/mol. The van der Waals surface area contributed by atoms with Crippen LogP contribution in [0.15, 0.2) is 23.6 Å². The van der Waals surface area contributed by atoms with Crippen molar-refractivity contribution in [3.05, 3.63) is 34.7 Å². The Hall–Kier alpha value is -2.21. The van der Waals surface area contributed by atoms with Gasteiger partial charge in [0.05, 0.1) is 5.69 Å². The molecule has 1 aliphatic rings. The van der Waals surface area contributed by atoms with Gasteiger partial charge in [0, 0.05) is 17.9 Å². The lowest BCUT2D eigenvalue weighted by Crippen LogP contribution is -2.47. The van der Waals surface area contributed by atoms with Crippen LogP contribution in [0, 0.1) is 19.8 Å². The predicted molar refractivity (Wildman–Crippen MR) is 105 cm³/mol. The van der Waals surface area contributed by atoms with Crippen molar-refractivity contribution in [3.8, 4) is 11.3 Å². The summed E-state index contributed by atoms with van der Waals surface area (Å²) in [6.07, 6.45) is 4.18. The van der Waals surface area contributed by atoms with Crippen LogP contribution in [0.25, 0.3) is 11.3 Å². The van der Waals surface area contributed by atoms with Gasteiger partial charge in [0.15, 0.2) is 5.13 Å². The SMILES string of the molecule is CC(=O)NC(C(=O)Nc1nc(-c2ccc(C)cc2C)cs1)C1CCCC1. The summed E-state index contributed by atoms with van der Waals surface area (Å²) in [5.41, 5.74) is 4.31. The molecule has 0 aliphatic heterocycles. The third-order valence-electron chi connectivity index (χ3n) is 4.90. The number of carbonyl (C=O) groups is 2. The van der Waals surface area contributed by atoms with Crippen LogP contribution in [-0.2, 0) is 9.59 Å². The minimum absolute atomic E-state index is 0.173. The summed E-state index contributed by atoms with van der Waals surface area (Å²) in [5, 5.41) is 8.24. The van der Waals surface area contributed by atoms with Crippen LogP contribution in [0.2, 0.25) is 0 Å². The van der Waals surface area contributed by atoms with Gasteiger partial charge in [0.25, 0.3) is 0 Å². The number of hydrogen-bond acceptors (Lipinski definition) is 4. The first-order valence-electron chi connectivity index (χ1n) is 9.05. The monoisotopic (exact) mass is 371 g/mol. The molecule has 1 heterocycles. The summed E-state index contributed by atoms with van der Waals surface area (Å²) in [5.74, 6) is -0.140. The van der Waals surface area contributed by atoms with Gasteiger partial charge in [0.1, 0.15) is 6.04 Å². The molecule has 1 unspecified atom stereocenters. The van der Waals surface area contributed by atoms with E-state index in [0.717, 1.165) is 42.5 Å². The smallest absolute Gasteiger partial charge is 0.249 e. The van der Waals surface area contributed by atoms with Crippen LogP contribution in [0.3, 0.4) is 0 Å². The number of nitrogens with zero attached hydrogens (tertiary/aromatic N) is 1. The second-order valence-corrected chi connectivity index (χ2v) is 7.93. The van der Waals surface area contributed by atoms with Gasteiger partial charge >= 0.3 is 0 Å². The topological polar surface area (TPSA) is 71.1 Å². The Morgan fingerprint density at radius 1 is 1.23 bits per heavy atom. The van der Waals surface area contributed by atoms with Crippen molar-refractivity contribution in [1.82, 2.24) is 10.3 Å². The highest BCUT2D eigenvalue weighted by Gasteiger charge is 2.31. The Labute approximate surface area is 158 Å². The van der Waals surface area contributed by atoms with E-state index in [1.54, 1.807) is 0 Å². The largest absolute Gasteiger partial charge is 0.344 e. The quantitative estimate of drug-likeness (QED) is 0.832. The number of aromatic nitrogens is 1. The van der Waals surface area contributed by atoms with E-state index in [4.69, 9.17) is 0 Å². The van der Waals surface area contributed by atoms with Crippen molar-refractivity contribution in [2.75, 3.05) is 5.32 Å². The first-order valence-corrected chi connectivity index (χ1v) is 9.93. The van der Waals surface area contributed by atoms with Crippen LogP contribution in [0.5, 0.6) is 0 Å². The van der Waals surface area contributed by atoms with Crippen LogP contribution >= 0.6 is 11.3 Å². The summed E-state index contributed by atoms with van der Waals surface area (Å²) >= 11 is 1.41. The first-order chi connectivity index (χ1) is 12.4. The maximum absolute atomic E-state index is 12.7. The molecule has 1 aromatic carbocycles. The second kappa shape index (κ2) is 7.99. The maximum Gasteiger partial charge on any atom is 0.249 e. The van der Waals surface area contributed by atoms with Crippen LogP contribution in [-0.4, -0.2) is 22.8 Å². The lowest BCUT2D eigenvalue weighted by atomic mass is 9.97. The second-order valence-electron chi connectivity index (χ2n) is 7.07. The molecule has 0 radical (unpaired) electrons. The zero-order valence-electron chi connectivity index (χ0n) is 15.5. The molecule has 1 saturated carbocycles. The van der Waals surface area contributed by atoms with Gasteiger partial charge in [-0.3, -0.25) is 9.59 Å². The number of nitrogens with one attached hydrogen (secondary N) is 2. The van der Waals surface area contributed by atoms with Crippen molar-refractivity contribution in [3.63, 3.8) is 0 Å². The number of benzene rings is 1. The zero-order chi connectivity index (χ0) is 18.7. The first kappa shape index (κ1) is 18.6. The molecule has 0 saturated heterocycles. The van der Waals surface area contributed by atoms with Crippen LogP contribution in [0.4, 0.5) is 5.13 Å². The average Bonchev–Trinajstić information content (AvgIpc) is 3.24. The molecule has 1 fully saturated rings. The number of hydrogen-bond donors (Lipinski definition) is 2. The summed E-state index contributed by atoms with van der Waals surface area (Å²) in [7, 11) is 0. The van der Waals surface area contributed by atoms with E-state index in [1.807, 2.05) is 5.38 Å². The highest BCUT2D eigenvalue weighted by Crippen LogP contribution is 2.30. The van der Waals surface area contributed by atoms with Crippen molar-refractivity contribution >= 4 is 28.3 Å². The number of rotatable bonds is 5. The van der Waals surface area contributed by atoms with Crippen molar-refractivity contribution in [2.24, 2.45) is 5.92 Å². The third kappa shape index (κ3) is 4.30. The molecule has 2 amide bonds. The Balaban J connectivity index is 1.74. The molecule has 6 heteroatoms. The molecule has 0 spiro atoms. The molecular formula is C20H25N3O2S. The number of thiazole rings is 1. The van der Waals surface area contributed by atoms with E-state index in [0.29, 0.717) is 5.13 Å². The third-order valence-corrected chi connectivity index (χ3v) is 5.66. The Bertz CT molecular complexity index is 809. The lowest BCUT2D eigenvalue weighted by Gasteiger charge is -2.22. The molecular weight excluding hydrogens is 346 g/mol. The summed E-state index contributed by atoms with van der Waals surface area (Å²) < 4.78 is 0. The Morgan fingerprint density at radius 2 is 1.96 bits per heavy atom. The molecule has 0 bridgehead atoms. The van der Waals surface area contributed by atoms with Gasteiger partial charge in [-0.2, -0.15) is 0 Å². The van der Waals surface area contributed by atoms with Crippen molar-refractivity contribution in [2.45, 2.75) is 52.5 Å². The van der Waals surface area contributed by atoms with Gasteiger partial charge in [-0.15, -0.1) is 11.3 Å². The van der Waals surface area contributed by atoms with Gasteiger partial charge in [-0.05, 0) is 38.2 Å². The normalized spacial score (nSPS) is 15.7. The zero-order valence-corrected chi connectivity index (χ0v) is 16.3. The van der Waals surface area contributed by atoms with E-state index in [-0.39, 0.29) is 17.7 Å². The predicted octanol–water partition coefficient (Wildman–Crippen LogP) is 4.06. The fourth-order valence-corrected chi connectivity index (χ4v) is 4.36. The summed E-state index contributed by atoms with van der Waals surface area (Å²) in [4.78, 5) is 28.8. The van der Waals surface area contributed by atoms with E-state index in [9.17, 15) is 9.59 Å². The minimum Gasteiger partial charge on any atom is -0.344 e. The van der Waals surface area contributed by atoms with Crippen molar-refractivity contribution < 1.29 is 9.59 Å². The van der Waals surface area contributed by atoms with E-state index < -0.39 is 6.04 Å². The molecule has 5 nitrogen and oxygen atoms in total. The molecule has 26 heavy (non-hydrogen) atoms. The van der Waals surface area contributed by atoms with Gasteiger partial charge in [0.2, 0.25) is 11.8 Å². The summed E-state index contributed by atoms with van der Waals surface area (Å²) in [6.45, 7) is 5.58. The fraction of sp³-hybridized carbons (Fsp3) is 0.450. The van der Waals surface area contributed by atoms with E-state index >= 15 is 0 Å². The van der Waals surface area contributed by atoms with E-state index in [1.165, 1.54) is 23.8 Å². The molecule has 1 aromatic heterocycles. The van der Waals surface area contributed by atoms with Crippen LogP contribution in [0.1, 0.15) is 43.7 Å². The summed E-state index contributed by atoms with van der Waals surface area (Å²) in [6, 6.07) is 5.76. The molecule has 138 valence electrons. The maximum atomic E-state index is 12.7. The minimum atomic E-state index is -0.483. The van der Waals surface area contributed by atoms with Crippen LogP contribution < -0.4 is 10.6 Å². The highest BCUT2D eigenvalue weighted by atomic mass is 32.1. The number of aryl methyl sites for hydroxylation is 2. The molecule has 1 atom stereocenters. The molecule has 1 aliphatic carbocycles. The van der Waals surface area contributed by atoms with Gasteiger partial charge in [-0.25, -0.2) is 4.98 Å². The molecule has 2 aromatic rings. The van der Waals surface area contributed by atoms with E-state index in [2.05, 4.69) is 47.7 Å². The molecule has 3 rings (SSSR count).